The maximum atomic E-state index is 11.2. The topological polar surface area (TPSA) is 46.9 Å². The molecular formula is C8H12ClN3O. The Morgan fingerprint density at radius 2 is 2.38 bits per heavy atom. The normalized spacial score (nSPS) is 12.6. The van der Waals surface area contributed by atoms with Crippen molar-refractivity contribution in [2.45, 2.75) is 19.2 Å². The lowest BCUT2D eigenvalue weighted by Gasteiger charge is -2.03. The van der Waals surface area contributed by atoms with Gasteiger partial charge in [0.05, 0.1) is 11.4 Å². The smallest absolute Gasteiger partial charge is 0.242 e. The summed E-state index contributed by atoms with van der Waals surface area (Å²) in [7, 11) is 1.80. The van der Waals surface area contributed by atoms with Crippen LogP contribution in [0.5, 0.6) is 0 Å². The van der Waals surface area contributed by atoms with Crippen LogP contribution < -0.4 is 5.32 Å². The van der Waals surface area contributed by atoms with Crippen LogP contribution in [0.2, 0.25) is 0 Å². The number of nitrogens with one attached hydrogen (secondary N) is 1. The molecular weight excluding hydrogens is 190 g/mol. The van der Waals surface area contributed by atoms with E-state index in [2.05, 4.69) is 10.4 Å². The van der Waals surface area contributed by atoms with E-state index >= 15 is 0 Å². The van der Waals surface area contributed by atoms with Crippen molar-refractivity contribution >= 4 is 23.2 Å². The Bertz CT molecular complexity index is 319. The zero-order valence-electron chi connectivity index (χ0n) is 7.84. The van der Waals surface area contributed by atoms with Crippen molar-refractivity contribution < 1.29 is 4.79 Å². The van der Waals surface area contributed by atoms with Gasteiger partial charge in [-0.3, -0.25) is 9.48 Å². The van der Waals surface area contributed by atoms with Crippen molar-refractivity contribution in [3.05, 3.63) is 11.9 Å². The monoisotopic (exact) mass is 201 g/mol. The molecule has 1 atom stereocenters. The quantitative estimate of drug-likeness (QED) is 0.734. The van der Waals surface area contributed by atoms with Gasteiger partial charge in [-0.05, 0) is 13.8 Å². The van der Waals surface area contributed by atoms with Crippen LogP contribution in [-0.4, -0.2) is 21.1 Å². The molecule has 13 heavy (non-hydrogen) atoms. The maximum Gasteiger partial charge on any atom is 0.242 e. The second kappa shape index (κ2) is 3.79. The van der Waals surface area contributed by atoms with E-state index < -0.39 is 5.38 Å². The number of aryl methyl sites for hydroxylation is 2. The van der Waals surface area contributed by atoms with Gasteiger partial charge in [-0.15, -0.1) is 11.6 Å². The van der Waals surface area contributed by atoms with Gasteiger partial charge in [-0.1, -0.05) is 0 Å². The fourth-order valence-electron chi connectivity index (χ4n) is 0.954. The lowest BCUT2D eigenvalue weighted by Crippen LogP contribution is -2.20. The molecule has 0 aliphatic heterocycles. The number of rotatable bonds is 2. The van der Waals surface area contributed by atoms with E-state index in [1.165, 1.54) is 0 Å². The second-order valence-electron chi connectivity index (χ2n) is 2.91. The number of alkyl halides is 1. The Kier molecular flexibility index (Phi) is 2.93. The average molecular weight is 202 g/mol. The molecule has 0 radical (unpaired) electrons. The van der Waals surface area contributed by atoms with E-state index in [4.69, 9.17) is 11.6 Å². The van der Waals surface area contributed by atoms with Gasteiger partial charge in [0, 0.05) is 13.2 Å². The van der Waals surface area contributed by atoms with Crippen molar-refractivity contribution in [2.24, 2.45) is 7.05 Å². The summed E-state index contributed by atoms with van der Waals surface area (Å²) >= 11 is 5.60. The standard InChI is InChI=1S/C8H12ClN3O/c1-5(9)8(13)10-7-4-12(3)11-6(7)2/h4-5H,1-3H3,(H,10,13). The van der Waals surface area contributed by atoms with Crippen LogP contribution in [0.4, 0.5) is 5.69 Å². The van der Waals surface area contributed by atoms with E-state index in [0.29, 0.717) is 5.69 Å². The van der Waals surface area contributed by atoms with Crippen molar-refractivity contribution in [3.8, 4) is 0 Å². The summed E-state index contributed by atoms with van der Waals surface area (Å²) in [6.07, 6.45) is 1.74. The van der Waals surface area contributed by atoms with Gasteiger partial charge < -0.3 is 5.32 Å². The molecule has 1 amide bonds. The number of amides is 1. The van der Waals surface area contributed by atoms with Crippen molar-refractivity contribution in [1.29, 1.82) is 0 Å². The van der Waals surface area contributed by atoms with Crippen molar-refractivity contribution in [2.75, 3.05) is 5.32 Å². The van der Waals surface area contributed by atoms with E-state index in [1.807, 2.05) is 6.92 Å². The summed E-state index contributed by atoms with van der Waals surface area (Å²) in [5.74, 6) is -0.210. The summed E-state index contributed by atoms with van der Waals surface area (Å²) in [5.41, 5.74) is 1.49. The van der Waals surface area contributed by atoms with Gasteiger partial charge in [0.1, 0.15) is 5.38 Å². The first-order valence-electron chi connectivity index (χ1n) is 3.96. The third-order valence-corrected chi connectivity index (χ3v) is 1.83. The highest BCUT2D eigenvalue weighted by Crippen LogP contribution is 2.12. The lowest BCUT2D eigenvalue weighted by atomic mass is 10.3. The molecule has 0 aliphatic rings. The Balaban J connectivity index is 2.74. The summed E-state index contributed by atoms with van der Waals surface area (Å²) in [4.78, 5) is 11.2. The zero-order chi connectivity index (χ0) is 10.0. The molecule has 1 N–H and O–H groups in total. The Morgan fingerprint density at radius 3 is 2.77 bits per heavy atom. The van der Waals surface area contributed by atoms with Crippen LogP contribution in [0.3, 0.4) is 0 Å². The molecule has 4 nitrogen and oxygen atoms in total. The van der Waals surface area contributed by atoms with E-state index in [-0.39, 0.29) is 5.91 Å². The number of nitrogens with zero attached hydrogens (tertiary/aromatic N) is 2. The van der Waals surface area contributed by atoms with Crippen LogP contribution in [0.1, 0.15) is 12.6 Å². The third kappa shape index (κ3) is 2.45. The van der Waals surface area contributed by atoms with Crippen LogP contribution in [-0.2, 0) is 11.8 Å². The molecule has 1 aromatic heterocycles. The molecule has 1 aromatic rings. The highest BCUT2D eigenvalue weighted by atomic mass is 35.5. The average Bonchev–Trinajstić information content (AvgIpc) is 2.30. The molecule has 0 saturated carbocycles. The fraction of sp³-hybridized carbons (Fsp3) is 0.500. The summed E-state index contributed by atoms with van der Waals surface area (Å²) in [6.45, 7) is 3.46. The van der Waals surface area contributed by atoms with Gasteiger partial charge in [-0.2, -0.15) is 5.10 Å². The minimum absolute atomic E-state index is 0.210. The van der Waals surface area contributed by atoms with Crippen molar-refractivity contribution in [3.63, 3.8) is 0 Å². The first-order valence-corrected chi connectivity index (χ1v) is 4.39. The van der Waals surface area contributed by atoms with Crippen LogP contribution >= 0.6 is 11.6 Å². The fourth-order valence-corrected chi connectivity index (χ4v) is 1.01. The number of hydrogen-bond donors (Lipinski definition) is 1. The molecule has 0 aliphatic carbocycles. The number of anilines is 1. The Morgan fingerprint density at radius 1 is 1.77 bits per heavy atom. The van der Waals surface area contributed by atoms with Crippen LogP contribution in [0.15, 0.2) is 6.20 Å². The molecule has 0 saturated heterocycles. The van der Waals surface area contributed by atoms with E-state index in [1.54, 1.807) is 24.9 Å². The molecule has 1 rings (SSSR count). The minimum atomic E-state index is -0.528. The van der Waals surface area contributed by atoms with Gasteiger partial charge in [0.2, 0.25) is 5.91 Å². The molecule has 0 aromatic carbocycles. The second-order valence-corrected chi connectivity index (χ2v) is 3.56. The Labute approximate surface area is 81.9 Å². The Hall–Kier alpha value is -1.03. The van der Waals surface area contributed by atoms with E-state index in [9.17, 15) is 4.79 Å². The largest absolute Gasteiger partial charge is 0.322 e. The molecule has 1 unspecified atom stereocenters. The number of halogens is 1. The summed E-state index contributed by atoms with van der Waals surface area (Å²) < 4.78 is 1.64. The number of carbonyl (C=O) groups excluding carboxylic acids is 1. The predicted molar refractivity (Wildman–Crippen MR) is 51.9 cm³/mol. The summed E-state index contributed by atoms with van der Waals surface area (Å²) in [6, 6.07) is 0. The maximum absolute atomic E-state index is 11.2. The number of aromatic nitrogens is 2. The van der Waals surface area contributed by atoms with Crippen molar-refractivity contribution in [1.82, 2.24) is 9.78 Å². The molecule has 72 valence electrons. The number of carbonyl (C=O) groups is 1. The molecule has 0 bridgehead atoms. The minimum Gasteiger partial charge on any atom is -0.322 e. The lowest BCUT2D eigenvalue weighted by molar-refractivity contribution is -0.115. The van der Waals surface area contributed by atoms with Crippen LogP contribution in [0, 0.1) is 6.92 Å². The van der Waals surface area contributed by atoms with E-state index in [0.717, 1.165) is 5.69 Å². The molecule has 0 fully saturated rings. The SMILES string of the molecule is Cc1nn(C)cc1NC(=O)C(C)Cl. The molecule has 1 heterocycles. The first-order chi connectivity index (χ1) is 6.00. The number of hydrogen-bond acceptors (Lipinski definition) is 2. The molecule has 0 spiro atoms. The van der Waals surface area contributed by atoms with Gasteiger partial charge in [-0.25, -0.2) is 0 Å². The van der Waals surface area contributed by atoms with Gasteiger partial charge in [0.15, 0.2) is 0 Å². The predicted octanol–water partition coefficient (Wildman–Crippen LogP) is 1.29. The van der Waals surface area contributed by atoms with Gasteiger partial charge in [0.25, 0.3) is 0 Å². The first kappa shape index (κ1) is 10.1. The highest BCUT2D eigenvalue weighted by molar-refractivity contribution is 6.32. The molecule has 5 heteroatoms. The highest BCUT2D eigenvalue weighted by Gasteiger charge is 2.11. The van der Waals surface area contributed by atoms with Crippen LogP contribution in [0.25, 0.3) is 0 Å². The zero-order valence-corrected chi connectivity index (χ0v) is 8.59. The van der Waals surface area contributed by atoms with Gasteiger partial charge >= 0.3 is 0 Å². The third-order valence-electron chi connectivity index (χ3n) is 1.63. The summed E-state index contributed by atoms with van der Waals surface area (Å²) in [5, 5.41) is 6.23.